The highest BCUT2D eigenvalue weighted by atomic mass is 32.2. The van der Waals surface area contributed by atoms with E-state index in [1.165, 1.54) is 17.3 Å². The summed E-state index contributed by atoms with van der Waals surface area (Å²) in [4.78, 5) is 20.7. The summed E-state index contributed by atoms with van der Waals surface area (Å²) in [5.74, 6) is 0.662. The van der Waals surface area contributed by atoms with Crippen molar-refractivity contribution in [3.63, 3.8) is 0 Å². The molecule has 0 aliphatic carbocycles. The van der Waals surface area contributed by atoms with E-state index in [0.717, 1.165) is 33.8 Å². The first kappa shape index (κ1) is 20.9. The average Bonchev–Trinajstić information content (AvgIpc) is 3.37. The van der Waals surface area contributed by atoms with E-state index < -0.39 is 0 Å². The Hall–Kier alpha value is -3.31. The van der Waals surface area contributed by atoms with Crippen molar-refractivity contribution in [2.75, 3.05) is 4.90 Å². The van der Waals surface area contributed by atoms with Crippen LogP contribution in [0.1, 0.15) is 28.0 Å². The van der Waals surface area contributed by atoms with Crippen molar-refractivity contribution in [2.24, 2.45) is 4.99 Å². The molecule has 0 unspecified atom stereocenters. The smallest absolute Gasteiger partial charge is 0.271 e. The molecule has 2 heterocycles. The van der Waals surface area contributed by atoms with Gasteiger partial charge in [-0.15, -0.1) is 0 Å². The SMILES string of the molecule is Cc1cccc(N=C2S/C(=C/C=C/c3ccco3)C(=O)N2c2cccc(C)c2C)c1C. The Bertz CT molecular complexity index is 1220. The van der Waals surface area contributed by atoms with Gasteiger partial charge in [0.1, 0.15) is 5.76 Å². The molecule has 0 radical (unpaired) electrons. The van der Waals surface area contributed by atoms with Crippen molar-refractivity contribution in [3.8, 4) is 0 Å². The zero-order valence-corrected chi connectivity index (χ0v) is 18.9. The first-order valence-electron chi connectivity index (χ1n) is 10.1. The minimum absolute atomic E-state index is 0.0770. The van der Waals surface area contributed by atoms with E-state index in [0.29, 0.717) is 10.1 Å². The molecule has 2 aromatic carbocycles. The fourth-order valence-corrected chi connectivity index (χ4v) is 4.27. The summed E-state index contributed by atoms with van der Waals surface area (Å²) in [5.41, 5.74) is 6.22. The Morgan fingerprint density at radius 3 is 2.42 bits per heavy atom. The van der Waals surface area contributed by atoms with Gasteiger partial charge in [-0.1, -0.05) is 30.3 Å². The summed E-state index contributed by atoms with van der Waals surface area (Å²) in [6, 6.07) is 15.8. The monoisotopic (exact) mass is 428 g/mol. The van der Waals surface area contributed by atoms with Gasteiger partial charge in [0, 0.05) is 0 Å². The van der Waals surface area contributed by atoms with Gasteiger partial charge in [0.15, 0.2) is 5.17 Å². The number of furan rings is 1. The zero-order valence-electron chi connectivity index (χ0n) is 18.0. The van der Waals surface area contributed by atoms with E-state index in [2.05, 4.69) is 32.9 Å². The maximum absolute atomic E-state index is 13.4. The van der Waals surface area contributed by atoms with Gasteiger partial charge in [0.25, 0.3) is 5.91 Å². The molecule has 5 heteroatoms. The molecular weight excluding hydrogens is 404 g/mol. The lowest BCUT2D eigenvalue weighted by Gasteiger charge is -2.19. The number of rotatable bonds is 4. The van der Waals surface area contributed by atoms with Crippen molar-refractivity contribution in [1.29, 1.82) is 0 Å². The third-order valence-electron chi connectivity index (χ3n) is 5.47. The minimum Gasteiger partial charge on any atom is -0.465 e. The number of aryl methyl sites for hydroxylation is 2. The number of nitrogens with zero attached hydrogens (tertiary/aromatic N) is 2. The van der Waals surface area contributed by atoms with E-state index in [1.54, 1.807) is 11.2 Å². The molecule has 1 saturated heterocycles. The summed E-state index contributed by atoms with van der Waals surface area (Å²) in [7, 11) is 0. The predicted octanol–water partition coefficient (Wildman–Crippen LogP) is 6.88. The van der Waals surface area contributed by atoms with Gasteiger partial charge in [0.05, 0.1) is 22.5 Å². The third-order valence-corrected chi connectivity index (χ3v) is 6.45. The lowest BCUT2D eigenvalue weighted by Crippen LogP contribution is -2.29. The molecule has 31 heavy (non-hydrogen) atoms. The van der Waals surface area contributed by atoms with Crippen LogP contribution < -0.4 is 4.90 Å². The molecule has 0 spiro atoms. The van der Waals surface area contributed by atoms with Crippen LogP contribution in [-0.4, -0.2) is 11.1 Å². The molecular formula is C26H24N2O2S. The second-order valence-electron chi connectivity index (χ2n) is 7.48. The quantitative estimate of drug-likeness (QED) is 0.426. The van der Waals surface area contributed by atoms with Crippen LogP contribution in [0.2, 0.25) is 0 Å². The highest BCUT2D eigenvalue weighted by Crippen LogP contribution is 2.38. The van der Waals surface area contributed by atoms with Crippen molar-refractivity contribution < 1.29 is 9.21 Å². The highest BCUT2D eigenvalue weighted by molar-refractivity contribution is 8.19. The molecule has 1 aromatic heterocycles. The fraction of sp³-hybridized carbons (Fsp3) is 0.154. The summed E-state index contributed by atoms with van der Waals surface area (Å²) in [6.07, 6.45) is 7.11. The van der Waals surface area contributed by atoms with Gasteiger partial charge in [0.2, 0.25) is 0 Å². The molecule has 156 valence electrons. The number of amidine groups is 1. The average molecular weight is 429 g/mol. The van der Waals surface area contributed by atoms with Crippen molar-refractivity contribution in [2.45, 2.75) is 27.7 Å². The number of hydrogen-bond donors (Lipinski definition) is 0. The summed E-state index contributed by atoms with van der Waals surface area (Å²) < 4.78 is 5.33. The van der Waals surface area contributed by atoms with Crippen LogP contribution >= 0.6 is 11.8 Å². The lowest BCUT2D eigenvalue weighted by molar-refractivity contribution is -0.113. The summed E-state index contributed by atoms with van der Waals surface area (Å²) in [6.45, 7) is 8.22. The summed E-state index contributed by atoms with van der Waals surface area (Å²) in [5, 5.41) is 0.657. The number of anilines is 1. The van der Waals surface area contributed by atoms with Crippen LogP contribution in [-0.2, 0) is 4.79 Å². The van der Waals surface area contributed by atoms with Crippen molar-refractivity contribution in [1.82, 2.24) is 0 Å². The number of carbonyl (C=O) groups excluding carboxylic acids is 1. The standard InChI is InChI=1S/C26H24N2O2S/c1-17-9-5-13-22(19(17)3)27-26-28(23-14-6-10-18(2)20(23)4)25(29)24(31-26)15-7-11-21-12-8-16-30-21/h5-16H,1-4H3/b11-7+,24-15+,27-26?. The molecule has 3 aromatic rings. The minimum atomic E-state index is -0.0770. The largest absolute Gasteiger partial charge is 0.465 e. The molecule has 0 saturated carbocycles. The molecule has 0 atom stereocenters. The summed E-state index contributed by atoms with van der Waals surface area (Å²) >= 11 is 1.39. The van der Waals surface area contributed by atoms with Crippen LogP contribution in [0.3, 0.4) is 0 Å². The first-order chi connectivity index (χ1) is 15.0. The highest BCUT2D eigenvalue weighted by Gasteiger charge is 2.35. The molecule has 0 bridgehead atoms. The molecule has 1 fully saturated rings. The van der Waals surface area contributed by atoms with Crippen molar-refractivity contribution in [3.05, 3.63) is 99.9 Å². The number of hydrogen-bond acceptors (Lipinski definition) is 4. The van der Waals surface area contributed by atoms with E-state index in [1.807, 2.05) is 61.5 Å². The zero-order chi connectivity index (χ0) is 22.0. The molecule has 0 N–H and O–H groups in total. The molecule has 4 rings (SSSR count). The van der Waals surface area contributed by atoms with E-state index in [-0.39, 0.29) is 5.91 Å². The Labute approximate surface area is 187 Å². The second-order valence-corrected chi connectivity index (χ2v) is 8.49. The topological polar surface area (TPSA) is 45.8 Å². The first-order valence-corrected chi connectivity index (χ1v) is 10.9. The maximum atomic E-state index is 13.4. The van der Waals surface area contributed by atoms with Crippen molar-refractivity contribution >= 4 is 40.3 Å². The van der Waals surface area contributed by atoms with Gasteiger partial charge >= 0.3 is 0 Å². The number of carbonyl (C=O) groups is 1. The van der Waals surface area contributed by atoms with E-state index in [9.17, 15) is 4.79 Å². The van der Waals surface area contributed by atoms with Gasteiger partial charge in [-0.05, 0) is 98.1 Å². The maximum Gasteiger partial charge on any atom is 0.271 e. The van der Waals surface area contributed by atoms with Gasteiger partial charge < -0.3 is 4.42 Å². The second kappa shape index (κ2) is 8.82. The number of aliphatic imine (C=N–C) groups is 1. The molecule has 1 aliphatic rings. The van der Waals surface area contributed by atoms with E-state index in [4.69, 9.17) is 9.41 Å². The van der Waals surface area contributed by atoms with Gasteiger partial charge in [-0.2, -0.15) is 0 Å². The number of allylic oxidation sites excluding steroid dienone is 2. The van der Waals surface area contributed by atoms with Gasteiger partial charge in [-0.3, -0.25) is 9.69 Å². The predicted molar refractivity (Wildman–Crippen MR) is 130 cm³/mol. The lowest BCUT2D eigenvalue weighted by atomic mass is 10.1. The Kier molecular flexibility index (Phi) is 5.96. The molecule has 1 amide bonds. The van der Waals surface area contributed by atoms with E-state index >= 15 is 0 Å². The number of benzene rings is 2. The molecule has 4 nitrogen and oxygen atoms in total. The van der Waals surface area contributed by atoms with Crippen LogP contribution in [0.15, 0.2) is 81.3 Å². The number of amides is 1. The molecule has 1 aliphatic heterocycles. The Morgan fingerprint density at radius 2 is 1.68 bits per heavy atom. The van der Waals surface area contributed by atoms with Gasteiger partial charge in [-0.25, -0.2) is 4.99 Å². The van der Waals surface area contributed by atoms with Crippen LogP contribution in [0.25, 0.3) is 6.08 Å². The van der Waals surface area contributed by atoms with Crippen LogP contribution in [0, 0.1) is 27.7 Å². The van der Waals surface area contributed by atoms with Crippen LogP contribution in [0.4, 0.5) is 11.4 Å². The third kappa shape index (κ3) is 4.28. The normalized spacial score (nSPS) is 16.9. The number of thioether (sulfide) groups is 1. The van der Waals surface area contributed by atoms with Crippen LogP contribution in [0.5, 0.6) is 0 Å². The Morgan fingerprint density at radius 1 is 0.935 bits per heavy atom. The fourth-order valence-electron chi connectivity index (χ4n) is 3.33. The Balaban J connectivity index is 1.78.